The number of benzene rings is 3. The van der Waals surface area contributed by atoms with Crippen LogP contribution in [-0.4, -0.2) is 89.2 Å². The van der Waals surface area contributed by atoms with Crippen LogP contribution in [0.4, 0.5) is 0 Å². The maximum atomic E-state index is 13.3. The van der Waals surface area contributed by atoms with E-state index in [2.05, 4.69) is 16.0 Å². The van der Waals surface area contributed by atoms with Crippen molar-refractivity contribution >= 4 is 29.7 Å². The Labute approximate surface area is 351 Å². The number of hydrogen-bond donors (Lipinski definition) is 5. The predicted octanol–water partition coefficient (Wildman–Crippen LogP) is -6.32. The number of aliphatic hydroxyl groups is 2. The Hall–Kier alpha value is -3.15. The van der Waals surface area contributed by atoms with Crippen LogP contribution in [0.5, 0.6) is 0 Å². The van der Waals surface area contributed by atoms with E-state index in [0.29, 0.717) is 6.42 Å². The van der Waals surface area contributed by atoms with Crippen molar-refractivity contribution in [3.8, 4) is 11.1 Å². The molecule has 16 heteroatoms. The van der Waals surface area contributed by atoms with Gasteiger partial charge in [0.05, 0.1) is 24.8 Å². The number of amides is 3. The molecular formula is C37H41N3Na2O11. The van der Waals surface area contributed by atoms with Crippen LogP contribution in [0, 0.1) is 0 Å². The summed E-state index contributed by atoms with van der Waals surface area (Å²) in [5.41, 5.74) is 2.32. The summed E-state index contributed by atoms with van der Waals surface area (Å²) < 4.78 is 11.6. The Bertz CT molecular complexity index is 1650. The van der Waals surface area contributed by atoms with E-state index in [1.807, 2.05) is 30.3 Å². The van der Waals surface area contributed by atoms with E-state index in [0.717, 1.165) is 11.1 Å². The van der Waals surface area contributed by atoms with Gasteiger partial charge in [-0.3, -0.25) is 14.4 Å². The zero-order valence-corrected chi connectivity index (χ0v) is 34.0. The molecule has 1 aliphatic heterocycles. The Balaban J connectivity index is 0.00000486. The van der Waals surface area contributed by atoms with Crippen molar-refractivity contribution in [3.05, 3.63) is 96.1 Å². The predicted molar refractivity (Wildman–Crippen MR) is 178 cm³/mol. The molecule has 6 atom stereocenters. The normalized spacial score (nSPS) is 20.3. The monoisotopic (exact) mass is 749 g/mol. The maximum Gasteiger partial charge on any atom is 1.00 e. The van der Waals surface area contributed by atoms with Crippen molar-refractivity contribution in [1.82, 2.24) is 16.0 Å². The average molecular weight is 750 g/mol. The largest absolute Gasteiger partial charge is 1.00 e. The van der Waals surface area contributed by atoms with Gasteiger partial charge in [-0.25, -0.2) is 0 Å². The first kappa shape index (κ1) is 46.0. The van der Waals surface area contributed by atoms with Gasteiger partial charge in [-0.05, 0) is 54.7 Å². The van der Waals surface area contributed by atoms with Crippen molar-refractivity contribution < 1.29 is 113 Å². The molecular weight excluding hydrogens is 708 g/mol. The zero-order valence-electron chi connectivity index (χ0n) is 30.0. The first-order valence-electron chi connectivity index (χ1n) is 16.6. The van der Waals surface area contributed by atoms with Gasteiger partial charge < -0.3 is 55.4 Å². The van der Waals surface area contributed by atoms with Gasteiger partial charge >= 0.3 is 59.1 Å². The summed E-state index contributed by atoms with van der Waals surface area (Å²) in [5.74, 6) is -7.47. The minimum absolute atomic E-state index is 0. The molecule has 3 aromatic carbocycles. The minimum atomic E-state index is -2.58. The van der Waals surface area contributed by atoms with Crippen LogP contribution in [0.1, 0.15) is 59.7 Å². The van der Waals surface area contributed by atoms with Gasteiger partial charge in [-0.1, -0.05) is 67.1 Å². The van der Waals surface area contributed by atoms with E-state index in [1.54, 1.807) is 42.5 Å². The summed E-state index contributed by atoms with van der Waals surface area (Å²) in [4.78, 5) is 62.0. The second kappa shape index (κ2) is 22.3. The third-order valence-corrected chi connectivity index (χ3v) is 8.45. The van der Waals surface area contributed by atoms with E-state index >= 15 is 0 Å². The van der Waals surface area contributed by atoms with Crippen LogP contribution < -0.4 is 85.3 Å². The third-order valence-electron chi connectivity index (χ3n) is 8.45. The maximum absolute atomic E-state index is 13.3. The summed E-state index contributed by atoms with van der Waals surface area (Å²) in [5, 5.41) is 53.8. The topological polar surface area (TPSA) is 226 Å². The summed E-state index contributed by atoms with van der Waals surface area (Å²) in [7, 11) is 0. The fraction of sp³-hybridized carbons (Fsp3) is 0.378. The second-order valence-corrected chi connectivity index (χ2v) is 12.2. The SMILES string of the molecule is CC(=O)N[C@H]1[C@H]([C@H](O)[C@H](O)CNC(=O)c2ccc(-c3ccccc3)cc2)O[C@@](OCCCCCC(=O)[O-])(C(=O)[O-])C[C@@H]1NC(=O)c1ccccc1.[Na+].[Na+]. The van der Waals surface area contributed by atoms with Gasteiger partial charge in [-0.2, -0.15) is 0 Å². The molecule has 1 fully saturated rings. The molecule has 53 heavy (non-hydrogen) atoms. The quantitative estimate of drug-likeness (QED) is 0.0645. The fourth-order valence-electron chi connectivity index (χ4n) is 5.82. The number of unbranched alkanes of at least 4 members (excludes halogenated alkanes) is 2. The Morgan fingerprint density at radius 2 is 1.40 bits per heavy atom. The average Bonchev–Trinajstić information content (AvgIpc) is 3.12. The number of ether oxygens (including phenoxy) is 2. The van der Waals surface area contributed by atoms with E-state index in [9.17, 15) is 44.4 Å². The van der Waals surface area contributed by atoms with E-state index in [4.69, 9.17) is 9.47 Å². The Kier molecular flexibility index (Phi) is 19.3. The molecule has 272 valence electrons. The fourth-order valence-corrected chi connectivity index (χ4v) is 5.82. The second-order valence-electron chi connectivity index (χ2n) is 12.2. The van der Waals surface area contributed by atoms with Gasteiger partial charge in [0.1, 0.15) is 18.2 Å². The first-order valence-corrected chi connectivity index (χ1v) is 16.6. The Morgan fingerprint density at radius 3 is 1.98 bits per heavy atom. The molecule has 0 bridgehead atoms. The number of carboxylic acids is 2. The van der Waals surface area contributed by atoms with E-state index in [1.165, 1.54) is 19.1 Å². The molecule has 0 saturated carbocycles. The van der Waals surface area contributed by atoms with Gasteiger partial charge in [0.2, 0.25) is 11.7 Å². The van der Waals surface area contributed by atoms with Crippen molar-refractivity contribution in [3.63, 3.8) is 0 Å². The minimum Gasteiger partial charge on any atom is -0.550 e. The van der Waals surface area contributed by atoms with Crippen LogP contribution >= 0.6 is 0 Å². The molecule has 1 saturated heterocycles. The number of carbonyl (C=O) groups excluding carboxylic acids is 5. The Morgan fingerprint density at radius 1 is 0.811 bits per heavy atom. The molecule has 5 N–H and O–H groups in total. The zero-order chi connectivity index (χ0) is 37.0. The molecule has 0 unspecified atom stereocenters. The molecule has 0 radical (unpaired) electrons. The molecule has 0 aromatic heterocycles. The van der Waals surface area contributed by atoms with Crippen molar-refractivity contribution in [2.45, 2.75) is 75.2 Å². The third kappa shape index (κ3) is 13.3. The molecule has 0 spiro atoms. The summed E-state index contributed by atoms with van der Waals surface area (Å²) in [6.07, 6.45) is -5.37. The molecule has 14 nitrogen and oxygen atoms in total. The summed E-state index contributed by atoms with van der Waals surface area (Å²) in [6, 6.07) is 21.7. The molecule has 3 aromatic rings. The van der Waals surface area contributed by atoms with Gasteiger partial charge in [0.15, 0.2) is 0 Å². The standard InChI is InChI=1S/C37H43N3O11.2Na/c1-23(41)39-31-28(40-35(47)26-13-7-3-8-14-26)21-37(36(48)49,50-20-10-4-9-15-30(43)44)51-33(31)32(45)29(42)22-38-34(46)27-18-16-25(17-19-27)24-11-5-2-6-12-24;;/h2-3,5-8,11-14,16-19,28-29,31-33,42,45H,4,9-10,15,20-22H2,1H3,(H,38,46)(H,39,41)(H,40,47)(H,43,44)(H,48,49);;/q;2*+1/p-2/t28-,29+,31+,32+,33+,37+;;/m0../s1. The number of carboxylic acid groups (broad SMARTS) is 2. The van der Waals surface area contributed by atoms with Crippen molar-refractivity contribution in [2.75, 3.05) is 13.2 Å². The van der Waals surface area contributed by atoms with E-state index in [-0.39, 0.29) is 96.1 Å². The molecule has 4 rings (SSSR count). The number of aliphatic hydroxyl groups excluding tert-OH is 2. The van der Waals surface area contributed by atoms with Gasteiger partial charge in [0.25, 0.3) is 11.8 Å². The summed E-state index contributed by atoms with van der Waals surface area (Å²) in [6.45, 7) is 0.421. The number of carbonyl (C=O) groups is 5. The van der Waals surface area contributed by atoms with E-state index < -0.39 is 78.8 Å². The van der Waals surface area contributed by atoms with Crippen LogP contribution in [0.3, 0.4) is 0 Å². The van der Waals surface area contributed by atoms with Crippen LogP contribution in [0.2, 0.25) is 0 Å². The van der Waals surface area contributed by atoms with Crippen LogP contribution in [0.25, 0.3) is 11.1 Å². The number of nitrogens with one attached hydrogen (secondary N) is 3. The number of rotatable bonds is 17. The van der Waals surface area contributed by atoms with Gasteiger partial charge in [-0.15, -0.1) is 0 Å². The van der Waals surface area contributed by atoms with Crippen LogP contribution in [0.15, 0.2) is 84.9 Å². The van der Waals surface area contributed by atoms with Crippen LogP contribution in [-0.2, 0) is 23.9 Å². The van der Waals surface area contributed by atoms with Crippen molar-refractivity contribution in [2.24, 2.45) is 0 Å². The van der Waals surface area contributed by atoms with Gasteiger partial charge in [0, 0.05) is 37.0 Å². The smallest absolute Gasteiger partial charge is 0.550 e. The molecule has 1 aliphatic rings. The first-order chi connectivity index (χ1) is 24.4. The number of aliphatic carboxylic acids is 2. The molecule has 3 amide bonds. The molecule has 1 heterocycles. The van der Waals surface area contributed by atoms with Crippen molar-refractivity contribution in [1.29, 1.82) is 0 Å². The molecule has 0 aliphatic carbocycles. The number of hydrogen-bond acceptors (Lipinski definition) is 11. The summed E-state index contributed by atoms with van der Waals surface area (Å²) >= 11 is 0.